The summed E-state index contributed by atoms with van der Waals surface area (Å²) >= 11 is 0. The molecule has 0 radical (unpaired) electrons. The van der Waals surface area contributed by atoms with Crippen LogP contribution in [0.4, 0.5) is 11.4 Å². The lowest BCUT2D eigenvalue weighted by molar-refractivity contribution is -0.131. The number of hydrogen-bond acceptors (Lipinski definition) is 5. The zero-order valence-corrected chi connectivity index (χ0v) is 15.9. The highest BCUT2D eigenvalue weighted by Crippen LogP contribution is 2.37. The predicted molar refractivity (Wildman–Crippen MR) is 112 cm³/mol. The summed E-state index contributed by atoms with van der Waals surface area (Å²) in [4.78, 5) is 36.9. The Kier molecular flexibility index (Phi) is 5.78. The highest BCUT2D eigenvalue weighted by molar-refractivity contribution is 6.07. The Bertz CT molecular complexity index is 1040. The van der Waals surface area contributed by atoms with Gasteiger partial charge in [0.25, 0.3) is 0 Å². The van der Waals surface area contributed by atoms with Crippen LogP contribution in [0.1, 0.15) is 39.6 Å². The number of benzene rings is 2. The van der Waals surface area contributed by atoms with E-state index in [0.29, 0.717) is 17.9 Å². The van der Waals surface area contributed by atoms with Gasteiger partial charge in [-0.25, -0.2) is 4.79 Å². The van der Waals surface area contributed by atoms with Gasteiger partial charge in [0.05, 0.1) is 11.4 Å². The molecule has 0 bridgehead atoms. The van der Waals surface area contributed by atoms with E-state index in [1.807, 2.05) is 24.0 Å². The van der Waals surface area contributed by atoms with Crippen molar-refractivity contribution in [3.8, 4) is 0 Å². The second kappa shape index (κ2) is 8.43. The second-order valence-corrected chi connectivity index (χ2v) is 6.56. The highest BCUT2D eigenvalue weighted by atomic mass is 16.4. The van der Waals surface area contributed by atoms with Gasteiger partial charge in [-0.05, 0) is 42.3 Å². The van der Waals surface area contributed by atoms with Crippen LogP contribution in [0.15, 0.2) is 60.4 Å². The first-order valence-electron chi connectivity index (χ1n) is 9.14. The fourth-order valence-corrected chi connectivity index (χ4v) is 3.10. The number of aliphatic carboxylic acids is 1. The maximum Gasteiger partial charge on any atom is 0.328 e. The molecule has 0 unspecified atom stereocenters. The highest BCUT2D eigenvalue weighted by Gasteiger charge is 2.24. The zero-order valence-electron chi connectivity index (χ0n) is 15.9. The van der Waals surface area contributed by atoms with Gasteiger partial charge in [0, 0.05) is 29.8 Å². The molecule has 7 nitrogen and oxygen atoms in total. The van der Waals surface area contributed by atoms with Crippen molar-refractivity contribution in [1.29, 1.82) is 0 Å². The third-order valence-electron chi connectivity index (χ3n) is 4.43. The van der Waals surface area contributed by atoms with E-state index >= 15 is 0 Å². The minimum absolute atomic E-state index is 0.254. The van der Waals surface area contributed by atoms with Crippen molar-refractivity contribution in [2.24, 2.45) is 5.73 Å². The fourth-order valence-electron chi connectivity index (χ4n) is 3.10. The number of rotatable bonds is 7. The molecule has 0 fully saturated rings. The van der Waals surface area contributed by atoms with Crippen LogP contribution in [0.2, 0.25) is 0 Å². The zero-order chi connectivity index (χ0) is 21.0. The number of carboxylic acid groups (broad SMARTS) is 1. The van der Waals surface area contributed by atoms with Gasteiger partial charge in [-0.2, -0.15) is 0 Å². The average molecular weight is 391 g/mol. The fraction of sp³-hybridized carbons (Fsp3) is 0.136. The Balaban J connectivity index is 1.92. The smallest absolute Gasteiger partial charge is 0.328 e. The number of allylic oxidation sites excluding steroid dienone is 1. The molecule has 0 spiro atoms. The third kappa shape index (κ3) is 4.52. The molecule has 7 heteroatoms. The van der Waals surface area contributed by atoms with Gasteiger partial charge in [-0.1, -0.05) is 25.1 Å². The number of nitrogens with zero attached hydrogens (tertiary/aromatic N) is 1. The molecule has 2 aromatic rings. The molecule has 2 aromatic carbocycles. The van der Waals surface area contributed by atoms with E-state index in [1.54, 1.807) is 24.3 Å². The Morgan fingerprint density at radius 1 is 1.14 bits per heavy atom. The van der Waals surface area contributed by atoms with Crippen LogP contribution in [0.5, 0.6) is 0 Å². The van der Waals surface area contributed by atoms with Crippen LogP contribution in [0.3, 0.4) is 0 Å². The van der Waals surface area contributed by atoms with E-state index in [1.165, 1.54) is 18.2 Å². The van der Waals surface area contributed by atoms with Crippen molar-refractivity contribution in [1.82, 2.24) is 0 Å². The number of hydrogen-bond donors (Lipinski definition) is 3. The van der Waals surface area contributed by atoms with Gasteiger partial charge in [-0.15, -0.1) is 0 Å². The molecular weight excluding hydrogens is 370 g/mol. The summed E-state index contributed by atoms with van der Waals surface area (Å²) in [6.45, 7) is 2.70. The van der Waals surface area contributed by atoms with Gasteiger partial charge in [0.1, 0.15) is 5.82 Å². The molecule has 0 saturated carbocycles. The minimum atomic E-state index is -1.02. The van der Waals surface area contributed by atoms with Crippen molar-refractivity contribution in [2.75, 3.05) is 16.8 Å². The molecule has 3 rings (SSSR count). The van der Waals surface area contributed by atoms with Gasteiger partial charge in [0.2, 0.25) is 5.91 Å². The Morgan fingerprint density at radius 2 is 1.90 bits per heavy atom. The Hall–Kier alpha value is -3.87. The van der Waals surface area contributed by atoms with Crippen LogP contribution in [-0.4, -0.2) is 29.3 Å². The monoisotopic (exact) mass is 391 g/mol. The molecule has 148 valence electrons. The quantitative estimate of drug-likeness (QED) is 0.493. The summed E-state index contributed by atoms with van der Waals surface area (Å²) in [6, 6.07) is 11.8. The summed E-state index contributed by atoms with van der Waals surface area (Å²) in [7, 11) is 0. The van der Waals surface area contributed by atoms with Gasteiger partial charge >= 0.3 is 5.97 Å². The van der Waals surface area contributed by atoms with Crippen molar-refractivity contribution < 1.29 is 19.5 Å². The summed E-state index contributed by atoms with van der Waals surface area (Å²) in [5.74, 6) is -1.24. The van der Waals surface area contributed by atoms with E-state index in [2.05, 4.69) is 5.32 Å². The summed E-state index contributed by atoms with van der Waals surface area (Å²) in [6.07, 6.45) is 4.94. The van der Waals surface area contributed by atoms with E-state index in [0.717, 1.165) is 29.4 Å². The van der Waals surface area contributed by atoms with Crippen molar-refractivity contribution in [3.05, 3.63) is 77.1 Å². The molecule has 1 aliphatic heterocycles. The first kappa shape index (κ1) is 19.9. The predicted octanol–water partition coefficient (Wildman–Crippen LogP) is 3.25. The topological polar surface area (TPSA) is 113 Å². The number of nitrogens with two attached hydrogens (primary N) is 1. The van der Waals surface area contributed by atoms with Gasteiger partial charge in [0.15, 0.2) is 5.78 Å². The van der Waals surface area contributed by atoms with Crippen LogP contribution >= 0.6 is 0 Å². The molecule has 1 heterocycles. The number of fused-ring (bicyclic) bond motifs is 1. The first-order valence-corrected chi connectivity index (χ1v) is 9.14. The normalized spacial score (nSPS) is 14.1. The summed E-state index contributed by atoms with van der Waals surface area (Å²) in [5.41, 5.74) is 8.38. The lowest BCUT2D eigenvalue weighted by Crippen LogP contribution is -2.22. The van der Waals surface area contributed by atoms with Crippen LogP contribution in [0, 0.1) is 0 Å². The lowest BCUT2D eigenvalue weighted by atomic mass is 10.1. The average Bonchev–Trinajstić information content (AvgIpc) is 3.03. The number of carbonyl (C=O) groups excluding carboxylic acids is 2. The Labute approximate surface area is 168 Å². The molecule has 0 aliphatic carbocycles. The lowest BCUT2D eigenvalue weighted by Gasteiger charge is -2.19. The molecule has 0 aromatic heterocycles. The number of nitrogens with one attached hydrogen (secondary N) is 1. The third-order valence-corrected chi connectivity index (χ3v) is 4.43. The molecule has 1 amide bonds. The van der Waals surface area contributed by atoms with E-state index in [-0.39, 0.29) is 11.3 Å². The van der Waals surface area contributed by atoms with Crippen LogP contribution < -0.4 is 16.0 Å². The number of carboxylic acids is 1. The number of anilines is 2. The SMILES string of the molecule is CCCN1/C(=C/C(=O)c2cccc(C(N)=O)c2)Nc2ccc(/C=C/C(=O)O)cc21. The standard InChI is InChI=1S/C22H21N3O4/c1-2-10-25-18-11-14(7-9-21(27)28)6-8-17(18)24-20(25)13-19(26)15-4-3-5-16(12-15)22(23)29/h3-9,11-13,24H,2,10H2,1H3,(H2,23,29)(H,27,28)/b9-7+,20-13+. The number of amides is 1. The largest absolute Gasteiger partial charge is 0.478 e. The molecule has 0 saturated heterocycles. The van der Waals surface area contributed by atoms with Crippen molar-refractivity contribution >= 4 is 35.1 Å². The van der Waals surface area contributed by atoms with E-state index < -0.39 is 11.9 Å². The molecule has 29 heavy (non-hydrogen) atoms. The van der Waals surface area contributed by atoms with Crippen LogP contribution in [-0.2, 0) is 4.79 Å². The van der Waals surface area contributed by atoms with E-state index in [4.69, 9.17) is 10.8 Å². The first-order chi connectivity index (χ1) is 13.9. The molecule has 0 atom stereocenters. The molecule has 1 aliphatic rings. The number of ketones is 1. The molecule has 4 N–H and O–H groups in total. The van der Waals surface area contributed by atoms with Gasteiger partial charge < -0.3 is 21.1 Å². The van der Waals surface area contributed by atoms with E-state index in [9.17, 15) is 14.4 Å². The van der Waals surface area contributed by atoms with Crippen LogP contribution in [0.25, 0.3) is 6.08 Å². The van der Waals surface area contributed by atoms with Gasteiger partial charge in [-0.3, -0.25) is 9.59 Å². The summed E-state index contributed by atoms with van der Waals surface area (Å²) in [5, 5.41) is 12.1. The van der Waals surface area contributed by atoms with Crippen molar-refractivity contribution in [3.63, 3.8) is 0 Å². The number of carbonyl (C=O) groups is 3. The maximum atomic E-state index is 12.7. The molecular formula is C22H21N3O4. The maximum absolute atomic E-state index is 12.7. The summed E-state index contributed by atoms with van der Waals surface area (Å²) < 4.78 is 0. The minimum Gasteiger partial charge on any atom is -0.478 e. The van der Waals surface area contributed by atoms with Crippen molar-refractivity contribution in [2.45, 2.75) is 13.3 Å². The number of primary amides is 1. The Morgan fingerprint density at radius 3 is 2.59 bits per heavy atom. The second-order valence-electron chi connectivity index (χ2n) is 6.56.